The highest BCUT2D eigenvalue weighted by molar-refractivity contribution is 5.69. The van der Waals surface area contributed by atoms with Crippen LogP contribution in [-0.4, -0.2) is 17.1 Å². The Balaban J connectivity index is 2.26. The number of hydrogen-bond acceptors (Lipinski definition) is 4. The minimum Gasteiger partial charge on any atom is -0.490 e. The largest absolute Gasteiger partial charge is 0.490 e. The summed E-state index contributed by atoms with van der Waals surface area (Å²) in [5, 5.41) is 0. The molecule has 0 atom stereocenters. The molecule has 0 aliphatic heterocycles. The second-order valence-electron chi connectivity index (χ2n) is 6.04. The molecule has 158 valence electrons. The Kier molecular flexibility index (Phi) is 5.47. The third kappa shape index (κ3) is 4.09. The Morgan fingerprint density at radius 1 is 1.00 bits per heavy atom. The summed E-state index contributed by atoms with van der Waals surface area (Å²) in [5.74, 6) is -6.03. The minimum absolute atomic E-state index is 0.106. The highest BCUT2D eigenvalue weighted by atomic mass is 19.4. The molecule has 0 aliphatic carbocycles. The lowest BCUT2D eigenvalue weighted by Gasteiger charge is -2.17. The fourth-order valence-corrected chi connectivity index (χ4v) is 2.68. The molecule has 0 saturated carbocycles. The number of H-pyrrole nitrogens is 1. The quantitative estimate of drug-likeness (QED) is 0.593. The lowest BCUT2D eigenvalue weighted by atomic mass is 10.1. The van der Waals surface area contributed by atoms with E-state index >= 15 is 0 Å². The number of rotatable bonds is 4. The summed E-state index contributed by atoms with van der Waals surface area (Å²) >= 11 is 0. The van der Waals surface area contributed by atoms with E-state index in [0.717, 1.165) is 19.2 Å². The van der Waals surface area contributed by atoms with Crippen molar-refractivity contribution in [3.8, 4) is 28.5 Å². The third-order valence-corrected chi connectivity index (χ3v) is 3.95. The lowest BCUT2D eigenvalue weighted by Crippen LogP contribution is -2.11. The molecule has 3 rings (SSSR count). The first-order chi connectivity index (χ1) is 14.0. The zero-order valence-corrected chi connectivity index (χ0v) is 15.3. The molecule has 0 radical (unpaired) electrons. The van der Waals surface area contributed by atoms with Crippen LogP contribution in [0.25, 0.3) is 11.3 Å². The summed E-state index contributed by atoms with van der Waals surface area (Å²) in [6, 6.07) is 3.35. The van der Waals surface area contributed by atoms with Crippen molar-refractivity contribution in [2.45, 2.75) is 13.1 Å². The molecule has 0 spiro atoms. The van der Waals surface area contributed by atoms with Crippen LogP contribution in [0.3, 0.4) is 0 Å². The Bertz CT molecular complexity index is 1170. The summed E-state index contributed by atoms with van der Waals surface area (Å²) in [5.41, 5.74) is -2.82. The third-order valence-electron chi connectivity index (χ3n) is 3.95. The number of aromatic nitrogens is 2. The van der Waals surface area contributed by atoms with Gasteiger partial charge in [0.2, 0.25) is 11.6 Å². The van der Waals surface area contributed by atoms with Gasteiger partial charge in [-0.3, -0.25) is 4.79 Å². The Hall–Kier alpha value is -3.50. The standard InChI is InChI=1S/C19H12F6N2O3/c1-8-26-13(7-16(28)27-8)9-5-12(21)10(19(23,24)25)6-15(9)30-14-4-3-11(20)17(22)18(14)29-2/h3-7H,1-2H3,(H,26,27,28). The van der Waals surface area contributed by atoms with Gasteiger partial charge < -0.3 is 14.5 Å². The SMILES string of the molecule is COc1c(Oc2cc(C(F)(F)F)c(F)cc2-c2cc(=O)[nH]c(C)n2)ccc(F)c1F. The van der Waals surface area contributed by atoms with E-state index in [4.69, 9.17) is 9.47 Å². The zero-order chi connectivity index (χ0) is 22.2. The molecule has 0 saturated heterocycles. The molecule has 1 heterocycles. The van der Waals surface area contributed by atoms with Crippen molar-refractivity contribution in [3.05, 3.63) is 69.5 Å². The van der Waals surface area contributed by atoms with Crippen LogP contribution in [0.4, 0.5) is 26.3 Å². The fraction of sp³-hybridized carbons (Fsp3) is 0.158. The minimum atomic E-state index is -5.07. The van der Waals surface area contributed by atoms with Crippen molar-refractivity contribution in [3.63, 3.8) is 0 Å². The van der Waals surface area contributed by atoms with E-state index < -0.39 is 52.0 Å². The molecule has 2 aromatic carbocycles. The fourth-order valence-electron chi connectivity index (χ4n) is 2.68. The van der Waals surface area contributed by atoms with Gasteiger partial charge in [0.15, 0.2) is 11.6 Å². The van der Waals surface area contributed by atoms with Crippen molar-refractivity contribution < 1.29 is 35.8 Å². The molecule has 11 heteroatoms. The smallest absolute Gasteiger partial charge is 0.419 e. The second kappa shape index (κ2) is 7.73. The van der Waals surface area contributed by atoms with E-state index in [9.17, 15) is 31.1 Å². The van der Waals surface area contributed by atoms with Crippen molar-refractivity contribution in [1.29, 1.82) is 0 Å². The van der Waals surface area contributed by atoms with Crippen LogP contribution < -0.4 is 15.0 Å². The van der Waals surface area contributed by atoms with Crippen LogP contribution in [0, 0.1) is 24.4 Å². The Labute approximate surface area is 164 Å². The van der Waals surface area contributed by atoms with Gasteiger partial charge in [0, 0.05) is 11.6 Å². The maximum atomic E-state index is 14.2. The van der Waals surface area contributed by atoms with E-state index in [-0.39, 0.29) is 17.1 Å². The van der Waals surface area contributed by atoms with Crippen molar-refractivity contribution in [2.24, 2.45) is 0 Å². The first kappa shape index (κ1) is 21.2. The number of nitrogens with zero attached hydrogens (tertiary/aromatic N) is 1. The average Bonchev–Trinajstić information content (AvgIpc) is 2.64. The van der Waals surface area contributed by atoms with Gasteiger partial charge in [0.1, 0.15) is 17.4 Å². The van der Waals surface area contributed by atoms with E-state index in [0.29, 0.717) is 18.2 Å². The predicted octanol–water partition coefficient (Wildman–Crippen LogP) is 4.98. The Morgan fingerprint density at radius 3 is 2.30 bits per heavy atom. The summed E-state index contributed by atoms with van der Waals surface area (Å²) < 4.78 is 91.2. The Morgan fingerprint density at radius 2 is 1.70 bits per heavy atom. The molecule has 0 aliphatic rings. The molecule has 5 nitrogen and oxygen atoms in total. The lowest BCUT2D eigenvalue weighted by molar-refractivity contribution is -0.140. The topological polar surface area (TPSA) is 64.2 Å². The molecule has 30 heavy (non-hydrogen) atoms. The van der Waals surface area contributed by atoms with E-state index in [1.807, 2.05) is 0 Å². The number of nitrogens with one attached hydrogen (secondary N) is 1. The first-order valence-electron chi connectivity index (χ1n) is 8.20. The van der Waals surface area contributed by atoms with Gasteiger partial charge in [0.05, 0.1) is 18.4 Å². The summed E-state index contributed by atoms with van der Waals surface area (Å²) in [7, 11) is 0.999. The summed E-state index contributed by atoms with van der Waals surface area (Å²) in [4.78, 5) is 18.0. The molecule has 0 bridgehead atoms. The molecular weight excluding hydrogens is 418 g/mol. The van der Waals surface area contributed by atoms with Crippen molar-refractivity contribution in [1.82, 2.24) is 9.97 Å². The van der Waals surface area contributed by atoms with Crippen LogP contribution in [0.1, 0.15) is 11.4 Å². The van der Waals surface area contributed by atoms with Gasteiger partial charge in [-0.15, -0.1) is 0 Å². The highest BCUT2D eigenvalue weighted by Crippen LogP contribution is 2.42. The average molecular weight is 430 g/mol. The number of ether oxygens (including phenoxy) is 2. The van der Waals surface area contributed by atoms with Crippen molar-refractivity contribution in [2.75, 3.05) is 7.11 Å². The molecule has 0 amide bonds. The molecule has 0 fully saturated rings. The molecule has 0 unspecified atom stereocenters. The molecule has 1 N–H and O–H groups in total. The van der Waals surface area contributed by atoms with Crippen LogP contribution in [0.5, 0.6) is 17.2 Å². The summed E-state index contributed by atoms with van der Waals surface area (Å²) in [6.45, 7) is 1.41. The maximum absolute atomic E-state index is 14.2. The number of methoxy groups -OCH3 is 1. The number of aryl methyl sites for hydroxylation is 1. The van der Waals surface area contributed by atoms with Gasteiger partial charge >= 0.3 is 6.18 Å². The second-order valence-corrected chi connectivity index (χ2v) is 6.04. The van der Waals surface area contributed by atoms with Crippen LogP contribution in [0.15, 0.2) is 35.1 Å². The molecular formula is C19H12F6N2O3. The molecule has 3 aromatic rings. The van der Waals surface area contributed by atoms with E-state index in [1.165, 1.54) is 6.92 Å². The number of halogens is 6. The highest BCUT2D eigenvalue weighted by Gasteiger charge is 2.36. The predicted molar refractivity (Wildman–Crippen MR) is 93.0 cm³/mol. The zero-order valence-electron chi connectivity index (χ0n) is 15.3. The van der Waals surface area contributed by atoms with E-state index in [1.54, 1.807) is 0 Å². The van der Waals surface area contributed by atoms with E-state index in [2.05, 4.69) is 9.97 Å². The van der Waals surface area contributed by atoms with Crippen molar-refractivity contribution >= 4 is 0 Å². The first-order valence-corrected chi connectivity index (χ1v) is 8.20. The maximum Gasteiger partial charge on any atom is 0.419 e. The normalized spacial score (nSPS) is 11.5. The monoisotopic (exact) mass is 430 g/mol. The number of benzene rings is 2. The van der Waals surface area contributed by atoms with Crippen LogP contribution in [0.2, 0.25) is 0 Å². The van der Waals surface area contributed by atoms with Gasteiger partial charge in [-0.05, 0) is 31.2 Å². The summed E-state index contributed by atoms with van der Waals surface area (Å²) in [6.07, 6.45) is -5.07. The van der Waals surface area contributed by atoms with Gasteiger partial charge in [-0.25, -0.2) is 13.8 Å². The number of alkyl halides is 3. The van der Waals surface area contributed by atoms with Crippen LogP contribution >= 0.6 is 0 Å². The molecule has 1 aromatic heterocycles. The van der Waals surface area contributed by atoms with Gasteiger partial charge in [0.25, 0.3) is 5.56 Å². The number of aromatic amines is 1. The van der Waals surface area contributed by atoms with Gasteiger partial charge in [-0.2, -0.15) is 17.6 Å². The van der Waals surface area contributed by atoms with Gasteiger partial charge in [-0.1, -0.05) is 0 Å². The number of hydrogen-bond donors (Lipinski definition) is 1. The van der Waals surface area contributed by atoms with Crippen LogP contribution in [-0.2, 0) is 6.18 Å².